The molecule has 0 unspecified atom stereocenters. The van der Waals surface area contributed by atoms with E-state index in [0.29, 0.717) is 24.1 Å². The van der Waals surface area contributed by atoms with Crippen molar-refractivity contribution in [2.75, 3.05) is 11.9 Å². The number of amides is 2. The number of aryl methyl sites for hydroxylation is 1. The maximum Gasteiger partial charge on any atom is 0.417 e. The Bertz CT molecular complexity index is 1540. The Labute approximate surface area is 217 Å². The molecule has 4 rings (SSSR count). The van der Waals surface area contributed by atoms with Crippen molar-refractivity contribution in [1.82, 2.24) is 15.1 Å². The number of nitrogens with zero attached hydrogens (tertiary/aromatic N) is 2. The summed E-state index contributed by atoms with van der Waals surface area (Å²) < 4.78 is 65.6. The van der Waals surface area contributed by atoms with Gasteiger partial charge in [-0.1, -0.05) is 42.5 Å². The van der Waals surface area contributed by atoms with Crippen LogP contribution in [0.5, 0.6) is 0 Å². The Balaban J connectivity index is 1.34. The summed E-state index contributed by atoms with van der Waals surface area (Å²) in [5, 5.41) is 14.7. The first-order chi connectivity index (χ1) is 18.0. The van der Waals surface area contributed by atoms with Gasteiger partial charge in [-0.25, -0.2) is 23.0 Å². The molecule has 4 aromatic rings. The van der Waals surface area contributed by atoms with Crippen molar-refractivity contribution in [2.45, 2.75) is 23.9 Å². The van der Waals surface area contributed by atoms with Crippen molar-refractivity contribution in [3.05, 3.63) is 96.3 Å². The number of rotatable bonds is 8. The maximum absolute atomic E-state index is 13.5. The highest BCUT2D eigenvalue weighted by Crippen LogP contribution is 2.38. The van der Waals surface area contributed by atoms with Crippen LogP contribution in [0.3, 0.4) is 0 Å². The average molecular weight is 544 g/mol. The summed E-state index contributed by atoms with van der Waals surface area (Å²) in [4.78, 5) is 12.3. The first-order valence-electron chi connectivity index (χ1n) is 11.5. The lowest BCUT2D eigenvalue weighted by Gasteiger charge is -2.15. The molecular weight excluding hydrogens is 519 g/mol. The Hall–Kier alpha value is -4.16. The minimum Gasteiger partial charge on any atom is -0.338 e. The second kappa shape index (κ2) is 11.1. The summed E-state index contributed by atoms with van der Waals surface area (Å²) in [6, 6.07) is 17.3. The van der Waals surface area contributed by atoms with Crippen LogP contribution in [-0.4, -0.2) is 30.8 Å². The highest BCUT2D eigenvalue weighted by Gasteiger charge is 2.33. The number of sulfonamides is 1. The second-order valence-corrected chi connectivity index (χ2v) is 9.94. The van der Waals surface area contributed by atoms with Crippen molar-refractivity contribution in [1.29, 1.82) is 0 Å². The van der Waals surface area contributed by atoms with E-state index in [-0.39, 0.29) is 22.7 Å². The zero-order chi connectivity index (χ0) is 27.3. The number of anilines is 1. The van der Waals surface area contributed by atoms with Crippen molar-refractivity contribution >= 4 is 21.7 Å². The lowest BCUT2D eigenvalue weighted by molar-refractivity contribution is -0.137. The number of hydrogen-bond acceptors (Lipinski definition) is 4. The first kappa shape index (κ1) is 26.9. The van der Waals surface area contributed by atoms with Gasteiger partial charge < -0.3 is 10.6 Å². The summed E-state index contributed by atoms with van der Waals surface area (Å²) in [6.45, 7) is 0.289. The third kappa shape index (κ3) is 6.58. The number of benzene rings is 3. The molecule has 12 heteroatoms. The van der Waals surface area contributed by atoms with E-state index in [4.69, 9.17) is 5.14 Å². The van der Waals surface area contributed by atoms with Gasteiger partial charge in [0.1, 0.15) is 4.90 Å². The number of nitrogens with two attached hydrogens (primary N) is 1. The number of carbonyl (C=O) groups is 1. The molecule has 198 valence electrons. The number of nitrogens with one attached hydrogen (secondary N) is 2. The zero-order valence-corrected chi connectivity index (χ0v) is 20.8. The molecule has 38 heavy (non-hydrogen) atoms. The highest BCUT2D eigenvalue weighted by molar-refractivity contribution is 7.89. The third-order valence-electron chi connectivity index (χ3n) is 5.65. The topological polar surface area (TPSA) is 119 Å². The fourth-order valence-electron chi connectivity index (χ4n) is 3.90. The fourth-order valence-corrected chi connectivity index (χ4v) is 4.62. The van der Waals surface area contributed by atoms with Crippen LogP contribution in [0.15, 0.2) is 90.1 Å². The van der Waals surface area contributed by atoms with Crippen molar-refractivity contribution in [3.8, 4) is 16.8 Å². The molecule has 4 N–H and O–H groups in total. The van der Waals surface area contributed by atoms with Gasteiger partial charge in [0.25, 0.3) is 0 Å². The molecule has 0 radical (unpaired) electrons. The smallest absolute Gasteiger partial charge is 0.338 e. The van der Waals surface area contributed by atoms with Crippen molar-refractivity contribution in [3.63, 3.8) is 0 Å². The van der Waals surface area contributed by atoms with E-state index < -0.39 is 27.8 Å². The number of carbonyl (C=O) groups excluding carboxylic acids is 1. The maximum atomic E-state index is 13.5. The molecule has 3 aromatic carbocycles. The van der Waals surface area contributed by atoms with Crippen LogP contribution in [0.2, 0.25) is 0 Å². The van der Waals surface area contributed by atoms with Gasteiger partial charge >= 0.3 is 12.2 Å². The Kier molecular flexibility index (Phi) is 7.83. The highest BCUT2D eigenvalue weighted by atomic mass is 32.2. The van der Waals surface area contributed by atoms with Gasteiger partial charge in [-0.3, -0.25) is 0 Å². The van der Waals surface area contributed by atoms with Crippen LogP contribution in [0.1, 0.15) is 17.5 Å². The SMILES string of the molecule is NS(=O)(=O)c1ccccc1-n1cc(CCCNC(=O)Nc2ccc(C(F)(F)F)c(-c3ccccc3)c2)cn1. The predicted molar refractivity (Wildman–Crippen MR) is 137 cm³/mol. The van der Waals surface area contributed by atoms with Gasteiger partial charge in [-0.2, -0.15) is 18.3 Å². The van der Waals surface area contributed by atoms with E-state index in [0.717, 1.165) is 11.6 Å². The number of aromatic nitrogens is 2. The van der Waals surface area contributed by atoms with E-state index in [1.807, 2.05) is 0 Å². The molecule has 0 saturated heterocycles. The molecule has 0 aliphatic heterocycles. The summed E-state index contributed by atoms with van der Waals surface area (Å²) in [7, 11) is -3.93. The largest absolute Gasteiger partial charge is 0.417 e. The molecule has 0 spiro atoms. The number of para-hydroxylation sites is 1. The van der Waals surface area contributed by atoms with Crippen LogP contribution >= 0.6 is 0 Å². The zero-order valence-electron chi connectivity index (χ0n) is 19.9. The number of urea groups is 1. The standard InChI is InChI=1S/C26H24F3N5O3S/c27-26(28,29)22-13-12-20(15-21(22)19-8-2-1-3-9-19)33-25(35)31-14-6-7-18-16-32-34(17-18)23-10-4-5-11-24(23)38(30,36)37/h1-5,8-13,15-17H,6-7,14H2,(H2,30,36,37)(H2,31,33,35). The van der Waals surface area contributed by atoms with Gasteiger partial charge in [-0.15, -0.1) is 0 Å². The van der Waals surface area contributed by atoms with E-state index in [9.17, 15) is 26.4 Å². The monoisotopic (exact) mass is 543 g/mol. The fraction of sp³-hybridized carbons (Fsp3) is 0.154. The molecule has 0 fully saturated rings. The van der Waals surface area contributed by atoms with E-state index >= 15 is 0 Å². The lowest BCUT2D eigenvalue weighted by Crippen LogP contribution is -2.29. The van der Waals surface area contributed by atoms with E-state index in [1.165, 1.54) is 22.9 Å². The van der Waals surface area contributed by atoms with Crippen LogP contribution < -0.4 is 15.8 Å². The van der Waals surface area contributed by atoms with Gasteiger partial charge in [0.2, 0.25) is 10.0 Å². The minimum absolute atomic E-state index is 0.0306. The first-order valence-corrected chi connectivity index (χ1v) is 13.0. The average Bonchev–Trinajstić information content (AvgIpc) is 3.35. The van der Waals surface area contributed by atoms with Crippen LogP contribution in [0.4, 0.5) is 23.7 Å². The number of hydrogen-bond donors (Lipinski definition) is 3. The lowest BCUT2D eigenvalue weighted by atomic mass is 9.98. The molecular formula is C26H24F3N5O3S. The number of halogens is 3. The van der Waals surface area contributed by atoms with Crippen LogP contribution in [-0.2, 0) is 22.6 Å². The Morgan fingerprint density at radius 1 is 1.00 bits per heavy atom. The molecule has 1 heterocycles. The van der Waals surface area contributed by atoms with Gasteiger partial charge in [0.05, 0.1) is 17.4 Å². The summed E-state index contributed by atoms with van der Waals surface area (Å²) in [6.07, 6.45) is -0.195. The molecule has 0 saturated carbocycles. The molecule has 1 aromatic heterocycles. The molecule has 0 aliphatic carbocycles. The minimum atomic E-state index is -4.54. The van der Waals surface area contributed by atoms with E-state index in [1.54, 1.807) is 60.9 Å². The number of primary sulfonamides is 1. The van der Waals surface area contributed by atoms with E-state index in [2.05, 4.69) is 15.7 Å². The second-order valence-electron chi connectivity index (χ2n) is 8.41. The molecule has 0 atom stereocenters. The van der Waals surface area contributed by atoms with Crippen LogP contribution in [0.25, 0.3) is 16.8 Å². The van der Waals surface area contributed by atoms with Gasteiger partial charge in [0.15, 0.2) is 0 Å². The molecule has 2 amide bonds. The number of alkyl halides is 3. The quantitative estimate of drug-likeness (QED) is 0.272. The third-order valence-corrected chi connectivity index (χ3v) is 6.61. The molecule has 8 nitrogen and oxygen atoms in total. The van der Waals surface area contributed by atoms with Gasteiger partial charge in [-0.05, 0) is 59.9 Å². The molecule has 0 bridgehead atoms. The summed E-state index contributed by atoms with van der Waals surface area (Å²) in [5.41, 5.74) is 0.927. The normalized spacial score (nSPS) is 11.8. The molecule has 0 aliphatic rings. The Morgan fingerprint density at radius 3 is 2.42 bits per heavy atom. The van der Waals surface area contributed by atoms with Crippen molar-refractivity contribution < 1.29 is 26.4 Å². The van der Waals surface area contributed by atoms with Gasteiger partial charge in [0, 0.05) is 18.4 Å². The Morgan fingerprint density at radius 2 is 1.71 bits per heavy atom. The predicted octanol–water partition coefficient (Wildman–Crippen LogP) is 4.96. The van der Waals surface area contributed by atoms with Crippen molar-refractivity contribution in [2.24, 2.45) is 5.14 Å². The summed E-state index contributed by atoms with van der Waals surface area (Å²) >= 11 is 0. The summed E-state index contributed by atoms with van der Waals surface area (Å²) in [5.74, 6) is 0. The van der Waals surface area contributed by atoms with Crippen LogP contribution in [0, 0.1) is 0 Å².